The number of furan rings is 1. The number of para-hydroxylation sites is 2. The molecule has 0 fully saturated rings. The third kappa shape index (κ3) is 6.53. The Morgan fingerprint density at radius 3 is 2.31 bits per heavy atom. The van der Waals surface area contributed by atoms with Crippen LogP contribution in [-0.4, -0.2) is 24.9 Å². The topological polar surface area (TPSA) is 77.6 Å². The van der Waals surface area contributed by atoms with Crippen molar-refractivity contribution >= 4 is 33.6 Å². The molecule has 0 aliphatic carbocycles. The van der Waals surface area contributed by atoms with Crippen molar-refractivity contribution in [1.29, 1.82) is 0 Å². The maximum absolute atomic E-state index is 6.46. The van der Waals surface area contributed by atoms with Gasteiger partial charge in [0, 0.05) is 45.4 Å². The molecule has 4 heterocycles. The lowest BCUT2D eigenvalue weighted by Gasteiger charge is -2.12. The first-order chi connectivity index (χ1) is 24.1. The predicted molar refractivity (Wildman–Crippen MR) is 201 cm³/mol. The second-order valence-corrected chi connectivity index (χ2v) is 11.4. The van der Waals surface area contributed by atoms with E-state index in [1.54, 1.807) is 18.3 Å². The van der Waals surface area contributed by atoms with E-state index in [1.165, 1.54) is 0 Å². The molecule has 3 aromatic carbocycles. The van der Waals surface area contributed by atoms with Crippen LogP contribution in [0.25, 0.3) is 78.6 Å². The van der Waals surface area contributed by atoms with Crippen LogP contribution in [0.5, 0.6) is 0 Å². The minimum absolute atomic E-state index is 0.510. The average Bonchev–Trinajstić information content (AvgIpc) is 3.55. The number of unbranched alkanes of at least 4 members (excludes halogenated alkanes) is 1. The molecule has 6 nitrogen and oxygen atoms in total. The van der Waals surface area contributed by atoms with Gasteiger partial charge in [-0.3, -0.25) is 9.97 Å². The van der Waals surface area contributed by atoms with Crippen LogP contribution in [0.4, 0.5) is 0 Å². The van der Waals surface area contributed by atoms with Gasteiger partial charge < -0.3 is 4.42 Å². The van der Waals surface area contributed by atoms with Crippen LogP contribution < -0.4 is 0 Å². The highest BCUT2D eigenvalue weighted by Gasteiger charge is 2.17. The summed E-state index contributed by atoms with van der Waals surface area (Å²) in [7, 11) is 0. The Labute approximate surface area is 285 Å². The Kier molecular flexibility index (Phi) is 8.93. The molecule has 7 rings (SSSR count). The largest absolute Gasteiger partial charge is 0.455 e. The van der Waals surface area contributed by atoms with Gasteiger partial charge in [-0.15, -0.1) is 6.58 Å². The number of nitrogens with zero attached hydrogens (tertiary/aromatic N) is 5. The second-order valence-electron chi connectivity index (χ2n) is 11.4. The molecular formula is C43H33N5O. The number of hydrogen-bond donors (Lipinski definition) is 0. The highest BCUT2D eigenvalue weighted by Crippen LogP contribution is 2.39. The lowest BCUT2D eigenvalue weighted by atomic mass is 9.95. The number of fused-ring (bicyclic) bond motifs is 3. The molecule has 49 heavy (non-hydrogen) atoms. The summed E-state index contributed by atoms with van der Waals surface area (Å²) in [6.45, 7) is 11.7. The van der Waals surface area contributed by atoms with E-state index in [4.69, 9.17) is 24.4 Å². The zero-order valence-electron chi connectivity index (χ0n) is 27.0. The molecule has 7 aromatic rings. The molecule has 6 heteroatoms. The average molecular weight is 636 g/mol. The minimum atomic E-state index is 0.510. The quantitative estimate of drug-likeness (QED) is 0.0799. The van der Waals surface area contributed by atoms with Gasteiger partial charge in [0.2, 0.25) is 0 Å². The SMILES string of the molecule is C=C/C=C(\C=C)c1nc(/C=C/CCC=C)nc(-c2cc(-c3ccc(-c4ccccn4)nc3)cc(-c3cccc4c3oc3ccccc34)c2)n1. The van der Waals surface area contributed by atoms with Crippen LogP contribution in [0.1, 0.15) is 24.5 Å². The van der Waals surface area contributed by atoms with Gasteiger partial charge in [0.25, 0.3) is 0 Å². The van der Waals surface area contributed by atoms with Gasteiger partial charge in [-0.25, -0.2) is 15.0 Å². The van der Waals surface area contributed by atoms with Gasteiger partial charge in [0.05, 0.1) is 11.4 Å². The fourth-order valence-corrected chi connectivity index (χ4v) is 5.77. The van der Waals surface area contributed by atoms with Crippen LogP contribution in [0, 0.1) is 0 Å². The fraction of sp³-hybridized carbons (Fsp3) is 0.0465. The Morgan fingerprint density at radius 2 is 1.51 bits per heavy atom. The fourth-order valence-electron chi connectivity index (χ4n) is 5.77. The van der Waals surface area contributed by atoms with Crippen LogP contribution in [0.2, 0.25) is 0 Å². The lowest BCUT2D eigenvalue weighted by Crippen LogP contribution is -2.02. The van der Waals surface area contributed by atoms with Crippen molar-refractivity contribution in [3.05, 3.63) is 165 Å². The van der Waals surface area contributed by atoms with Gasteiger partial charge >= 0.3 is 0 Å². The van der Waals surface area contributed by atoms with E-state index < -0.39 is 0 Å². The van der Waals surface area contributed by atoms with Crippen LogP contribution in [0.3, 0.4) is 0 Å². The van der Waals surface area contributed by atoms with Gasteiger partial charge in [-0.1, -0.05) is 92.1 Å². The van der Waals surface area contributed by atoms with Crippen molar-refractivity contribution in [2.24, 2.45) is 0 Å². The normalized spacial score (nSPS) is 11.7. The summed E-state index contributed by atoms with van der Waals surface area (Å²) < 4.78 is 6.46. The number of hydrogen-bond acceptors (Lipinski definition) is 6. The molecule has 236 valence electrons. The number of rotatable bonds is 11. The molecule has 4 aromatic heterocycles. The van der Waals surface area contributed by atoms with E-state index in [-0.39, 0.29) is 0 Å². The van der Waals surface area contributed by atoms with E-state index in [0.717, 1.165) is 79.6 Å². The number of pyridine rings is 2. The molecule has 0 amide bonds. The van der Waals surface area contributed by atoms with E-state index >= 15 is 0 Å². The van der Waals surface area contributed by atoms with Gasteiger partial charge in [-0.05, 0) is 72.5 Å². The zero-order valence-corrected chi connectivity index (χ0v) is 27.0. The summed E-state index contributed by atoms with van der Waals surface area (Å²) in [4.78, 5) is 23.9. The zero-order chi connectivity index (χ0) is 33.6. The molecule has 0 aliphatic rings. The Hall–Kier alpha value is -6.53. The molecule has 0 unspecified atom stereocenters. The second kappa shape index (κ2) is 14.1. The summed E-state index contributed by atoms with van der Waals surface area (Å²) in [5.74, 6) is 1.59. The lowest BCUT2D eigenvalue weighted by molar-refractivity contribution is 0.670. The van der Waals surface area contributed by atoms with Crippen molar-refractivity contribution in [3.8, 4) is 45.0 Å². The van der Waals surface area contributed by atoms with E-state index in [1.807, 2.05) is 73.0 Å². The van der Waals surface area contributed by atoms with Crippen molar-refractivity contribution < 1.29 is 4.42 Å². The summed E-state index contributed by atoms with van der Waals surface area (Å²) in [6, 6.07) is 30.6. The van der Waals surface area contributed by atoms with E-state index in [0.29, 0.717) is 17.5 Å². The Bertz CT molecular complexity index is 2380. The highest BCUT2D eigenvalue weighted by atomic mass is 16.3. The molecule has 0 saturated carbocycles. The maximum Gasteiger partial charge on any atom is 0.164 e. The van der Waals surface area contributed by atoms with Crippen LogP contribution in [-0.2, 0) is 0 Å². The standard InChI is InChI=1S/C43H33N5O/c1-4-7-8-9-21-40-46-42(29(6-3)15-5-2)48-43(47-40)33-26-31(30-22-23-38(45-28-30)37-19-12-13-24-44-37)25-32(27-33)34-17-14-18-36-35-16-10-11-20-39(35)49-41(34)36/h4-6,9-28H,1-3,7-8H2/b21-9+,29-15+. The number of aromatic nitrogens is 5. The van der Waals surface area contributed by atoms with Crippen molar-refractivity contribution in [3.63, 3.8) is 0 Å². The maximum atomic E-state index is 6.46. The van der Waals surface area contributed by atoms with Crippen LogP contribution in [0.15, 0.2) is 158 Å². The Balaban J connectivity index is 1.43. The third-order valence-corrected chi connectivity index (χ3v) is 8.16. The first kappa shape index (κ1) is 31.1. The third-order valence-electron chi connectivity index (χ3n) is 8.16. The summed E-state index contributed by atoms with van der Waals surface area (Å²) in [5.41, 5.74) is 8.67. The molecule has 0 bridgehead atoms. The van der Waals surface area contributed by atoms with Gasteiger partial charge in [0.15, 0.2) is 17.5 Å². The van der Waals surface area contributed by atoms with Gasteiger partial charge in [-0.2, -0.15) is 0 Å². The van der Waals surface area contributed by atoms with E-state index in [9.17, 15) is 0 Å². The first-order valence-corrected chi connectivity index (χ1v) is 16.1. The van der Waals surface area contributed by atoms with Gasteiger partial charge in [0.1, 0.15) is 11.2 Å². The summed E-state index contributed by atoms with van der Waals surface area (Å²) >= 11 is 0. The highest BCUT2D eigenvalue weighted by molar-refractivity contribution is 6.09. The minimum Gasteiger partial charge on any atom is -0.455 e. The first-order valence-electron chi connectivity index (χ1n) is 16.1. The predicted octanol–water partition coefficient (Wildman–Crippen LogP) is 11.0. The van der Waals surface area contributed by atoms with E-state index in [2.05, 4.69) is 73.3 Å². The molecule has 0 spiro atoms. The smallest absolute Gasteiger partial charge is 0.164 e. The Morgan fingerprint density at radius 1 is 0.694 bits per heavy atom. The molecule has 0 N–H and O–H groups in total. The molecule has 0 radical (unpaired) electrons. The van der Waals surface area contributed by atoms with Crippen LogP contribution >= 0.6 is 0 Å². The van der Waals surface area contributed by atoms with Crippen molar-refractivity contribution in [1.82, 2.24) is 24.9 Å². The number of benzene rings is 3. The van der Waals surface area contributed by atoms with Crippen molar-refractivity contribution in [2.75, 3.05) is 0 Å². The summed E-state index contributed by atoms with van der Waals surface area (Å²) in [5, 5.41) is 2.13. The monoisotopic (exact) mass is 635 g/mol. The van der Waals surface area contributed by atoms with Crippen molar-refractivity contribution in [2.45, 2.75) is 12.8 Å². The summed E-state index contributed by atoms with van der Waals surface area (Å²) in [6.07, 6.45) is 16.5. The molecule has 0 atom stereocenters. The molecule has 0 saturated heterocycles. The molecular weight excluding hydrogens is 603 g/mol. The molecule has 0 aliphatic heterocycles. The number of allylic oxidation sites excluding steroid dienone is 6.